The lowest BCUT2D eigenvalue weighted by Gasteiger charge is -2.33. The first-order chi connectivity index (χ1) is 8.57. The molecule has 1 N–H and O–H groups in total. The van der Waals surface area contributed by atoms with Gasteiger partial charge in [0.25, 0.3) is 0 Å². The van der Waals surface area contributed by atoms with Gasteiger partial charge < -0.3 is 9.84 Å². The summed E-state index contributed by atoms with van der Waals surface area (Å²) in [4.78, 5) is 0. The standard InChI is InChI=1S/C14H18Cl2O2/c1-18-14(6-2-3-7-14)13(17)9-10-4-5-11(15)12(16)8-10/h4-5,8,13,17H,2-3,6-7,9H2,1H3. The highest BCUT2D eigenvalue weighted by Crippen LogP contribution is 2.37. The Kier molecular flexibility index (Phi) is 4.54. The van der Waals surface area contributed by atoms with E-state index >= 15 is 0 Å². The summed E-state index contributed by atoms with van der Waals surface area (Å²) in [6, 6.07) is 5.47. The van der Waals surface area contributed by atoms with Gasteiger partial charge in [0.05, 0.1) is 21.8 Å². The molecule has 0 bridgehead atoms. The van der Waals surface area contributed by atoms with Crippen molar-refractivity contribution in [3.05, 3.63) is 33.8 Å². The topological polar surface area (TPSA) is 29.5 Å². The molecule has 18 heavy (non-hydrogen) atoms. The first kappa shape index (κ1) is 14.1. The van der Waals surface area contributed by atoms with Crippen molar-refractivity contribution in [2.45, 2.75) is 43.8 Å². The van der Waals surface area contributed by atoms with Gasteiger partial charge in [-0.25, -0.2) is 0 Å². The molecule has 1 aromatic carbocycles. The summed E-state index contributed by atoms with van der Waals surface area (Å²) in [5, 5.41) is 11.5. The van der Waals surface area contributed by atoms with Crippen molar-refractivity contribution in [3.8, 4) is 0 Å². The molecule has 1 atom stereocenters. The van der Waals surface area contributed by atoms with Gasteiger partial charge in [-0.1, -0.05) is 42.1 Å². The average Bonchev–Trinajstić information content (AvgIpc) is 2.84. The van der Waals surface area contributed by atoms with Gasteiger partial charge in [0.2, 0.25) is 0 Å². The zero-order chi connectivity index (χ0) is 13.2. The van der Waals surface area contributed by atoms with E-state index in [-0.39, 0.29) is 5.60 Å². The SMILES string of the molecule is COC1(C(O)Cc2ccc(Cl)c(Cl)c2)CCCC1. The Morgan fingerprint density at radius 1 is 1.28 bits per heavy atom. The summed E-state index contributed by atoms with van der Waals surface area (Å²) >= 11 is 11.9. The van der Waals surface area contributed by atoms with Crippen LogP contribution in [-0.2, 0) is 11.2 Å². The minimum Gasteiger partial charge on any atom is -0.390 e. The van der Waals surface area contributed by atoms with E-state index in [1.165, 1.54) is 0 Å². The van der Waals surface area contributed by atoms with Gasteiger partial charge >= 0.3 is 0 Å². The molecule has 0 heterocycles. The molecule has 1 fully saturated rings. The average molecular weight is 289 g/mol. The van der Waals surface area contributed by atoms with E-state index in [2.05, 4.69) is 0 Å². The zero-order valence-electron chi connectivity index (χ0n) is 10.5. The molecule has 1 saturated carbocycles. The van der Waals surface area contributed by atoms with Crippen LogP contribution < -0.4 is 0 Å². The van der Waals surface area contributed by atoms with Crippen LogP contribution in [0.4, 0.5) is 0 Å². The van der Waals surface area contributed by atoms with Crippen LogP contribution in [0.5, 0.6) is 0 Å². The second-order valence-electron chi connectivity index (χ2n) is 4.94. The largest absolute Gasteiger partial charge is 0.390 e. The van der Waals surface area contributed by atoms with Crippen molar-refractivity contribution >= 4 is 23.2 Å². The van der Waals surface area contributed by atoms with Gasteiger partial charge in [-0.15, -0.1) is 0 Å². The number of hydrogen-bond donors (Lipinski definition) is 1. The van der Waals surface area contributed by atoms with E-state index in [9.17, 15) is 5.11 Å². The Labute approximate surface area is 118 Å². The molecule has 0 aliphatic heterocycles. The van der Waals surface area contributed by atoms with Crippen LogP contribution in [0, 0.1) is 0 Å². The molecule has 1 aromatic rings. The highest BCUT2D eigenvalue weighted by Gasteiger charge is 2.40. The quantitative estimate of drug-likeness (QED) is 0.912. The summed E-state index contributed by atoms with van der Waals surface area (Å²) in [6.45, 7) is 0. The Morgan fingerprint density at radius 2 is 1.94 bits per heavy atom. The first-order valence-electron chi connectivity index (χ1n) is 6.24. The predicted octanol–water partition coefficient (Wildman–Crippen LogP) is 3.86. The number of halogens is 2. The molecule has 100 valence electrons. The van der Waals surface area contributed by atoms with E-state index in [0.717, 1.165) is 31.2 Å². The fourth-order valence-electron chi connectivity index (χ4n) is 2.72. The maximum Gasteiger partial charge on any atom is 0.0939 e. The molecule has 0 spiro atoms. The van der Waals surface area contributed by atoms with E-state index in [0.29, 0.717) is 16.5 Å². The van der Waals surface area contributed by atoms with E-state index in [1.54, 1.807) is 13.2 Å². The number of aliphatic hydroxyl groups is 1. The lowest BCUT2D eigenvalue weighted by atomic mass is 9.90. The summed E-state index contributed by atoms with van der Waals surface area (Å²) in [7, 11) is 1.68. The van der Waals surface area contributed by atoms with Crippen LogP contribution >= 0.6 is 23.2 Å². The van der Waals surface area contributed by atoms with Gasteiger partial charge in [-0.2, -0.15) is 0 Å². The van der Waals surface area contributed by atoms with E-state index < -0.39 is 6.10 Å². The summed E-state index contributed by atoms with van der Waals surface area (Å²) in [5.74, 6) is 0. The third-order valence-corrected chi connectivity index (χ3v) is 4.62. The molecular weight excluding hydrogens is 271 g/mol. The van der Waals surface area contributed by atoms with Gasteiger partial charge in [-0.05, 0) is 30.5 Å². The smallest absolute Gasteiger partial charge is 0.0939 e. The van der Waals surface area contributed by atoms with Crippen LogP contribution in [0.2, 0.25) is 10.0 Å². The minimum absolute atomic E-state index is 0.383. The summed E-state index contributed by atoms with van der Waals surface area (Å²) < 4.78 is 5.58. The molecule has 1 aliphatic carbocycles. The number of ether oxygens (including phenoxy) is 1. The number of rotatable bonds is 4. The van der Waals surface area contributed by atoms with Gasteiger partial charge in [0.15, 0.2) is 0 Å². The van der Waals surface area contributed by atoms with Crippen molar-refractivity contribution in [2.75, 3.05) is 7.11 Å². The Bertz CT molecular complexity index is 414. The number of aliphatic hydroxyl groups excluding tert-OH is 1. The van der Waals surface area contributed by atoms with Crippen molar-refractivity contribution in [3.63, 3.8) is 0 Å². The van der Waals surface area contributed by atoms with Crippen LogP contribution in [0.25, 0.3) is 0 Å². The molecule has 0 aromatic heterocycles. The fourth-order valence-corrected chi connectivity index (χ4v) is 3.04. The van der Waals surface area contributed by atoms with Crippen molar-refractivity contribution in [1.82, 2.24) is 0 Å². The van der Waals surface area contributed by atoms with Crippen LogP contribution in [0.15, 0.2) is 18.2 Å². The third-order valence-electron chi connectivity index (χ3n) is 3.88. The van der Waals surface area contributed by atoms with Crippen LogP contribution in [0.1, 0.15) is 31.2 Å². The molecule has 0 saturated heterocycles. The van der Waals surface area contributed by atoms with E-state index in [1.807, 2.05) is 12.1 Å². The Hall–Kier alpha value is -0.280. The lowest BCUT2D eigenvalue weighted by Crippen LogP contribution is -2.42. The first-order valence-corrected chi connectivity index (χ1v) is 7.00. The lowest BCUT2D eigenvalue weighted by molar-refractivity contribution is -0.0971. The fraction of sp³-hybridized carbons (Fsp3) is 0.571. The highest BCUT2D eigenvalue weighted by atomic mass is 35.5. The molecule has 2 nitrogen and oxygen atoms in total. The van der Waals surface area contributed by atoms with Crippen molar-refractivity contribution in [2.24, 2.45) is 0 Å². The maximum atomic E-state index is 10.4. The Balaban J connectivity index is 2.10. The van der Waals surface area contributed by atoms with Crippen molar-refractivity contribution < 1.29 is 9.84 Å². The Morgan fingerprint density at radius 3 is 2.50 bits per heavy atom. The van der Waals surface area contributed by atoms with Gasteiger partial charge in [-0.3, -0.25) is 0 Å². The summed E-state index contributed by atoms with van der Waals surface area (Å²) in [6.07, 6.45) is 4.13. The normalized spacial score (nSPS) is 20.0. The molecule has 2 rings (SSSR count). The molecule has 1 unspecified atom stereocenters. The van der Waals surface area contributed by atoms with Crippen LogP contribution in [0.3, 0.4) is 0 Å². The summed E-state index contributed by atoms with van der Waals surface area (Å²) in [5.41, 5.74) is 0.603. The second-order valence-corrected chi connectivity index (χ2v) is 5.76. The molecule has 1 aliphatic rings. The van der Waals surface area contributed by atoms with Gasteiger partial charge in [0.1, 0.15) is 0 Å². The molecular formula is C14H18Cl2O2. The van der Waals surface area contributed by atoms with Gasteiger partial charge in [0, 0.05) is 13.5 Å². The molecule has 0 amide bonds. The predicted molar refractivity (Wildman–Crippen MR) is 74.4 cm³/mol. The maximum absolute atomic E-state index is 10.4. The monoisotopic (exact) mass is 288 g/mol. The second kappa shape index (κ2) is 5.79. The third kappa shape index (κ3) is 2.83. The number of hydrogen-bond acceptors (Lipinski definition) is 2. The highest BCUT2D eigenvalue weighted by molar-refractivity contribution is 6.42. The molecule has 0 radical (unpaired) electrons. The zero-order valence-corrected chi connectivity index (χ0v) is 12.0. The van der Waals surface area contributed by atoms with E-state index in [4.69, 9.17) is 27.9 Å². The number of methoxy groups -OCH3 is 1. The van der Waals surface area contributed by atoms with Crippen molar-refractivity contribution in [1.29, 1.82) is 0 Å². The molecule has 4 heteroatoms. The number of benzene rings is 1. The van der Waals surface area contributed by atoms with Crippen LogP contribution in [-0.4, -0.2) is 23.9 Å². The minimum atomic E-state index is -0.498.